The zero-order valence-electron chi connectivity index (χ0n) is 28.0. The molecule has 0 aliphatic rings. The highest BCUT2D eigenvalue weighted by atomic mass is 35.5. The van der Waals surface area contributed by atoms with Crippen LogP contribution in [0.5, 0.6) is 5.75 Å². The molecule has 0 saturated carbocycles. The third-order valence-electron chi connectivity index (χ3n) is 8.84. The van der Waals surface area contributed by atoms with E-state index in [1.165, 1.54) is 95.3 Å². The largest absolute Gasteiger partial charge is 0.459 e. The van der Waals surface area contributed by atoms with Crippen molar-refractivity contribution in [3.8, 4) is 5.75 Å². The summed E-state index contributed by atoms with van der Waals surface area (Å²) >= 11 is 10.00. The molecule has 0 spiro atoms. The maximum absolute atomic E-state index is 13.1. The number of aryl methyl sites for hydroxylation is 1. The quantitative estimate of drug-likeness (QED) is 0.0521. The van der Waals surface area contributed by atoms with Crippen LogP contribution in [0.15, 0.2) is 54.6 Å². The number of unbranched alkanes of at least 4 members (excludes halogenated alkanes) is 10. The molecule has 0 N–H and O–H groups in total. The van der Waals surface area contributed by atoms with Gasteiger partial charge in [0.15, 0.2) is 0 Å². The van der Waals surface area contributed by atoms with Gasteiger partial charge in [-0.1, -0.05) is 108 Å². The average Bonchev–Trinajstić information content (AvgIpc) is 3.60. The molecule has 5 aromatic rings. The van der Waals surface area contributed by atoms with Crippen LogP contribution in [-0.2, 0) is 11.2 Å². The van der Waals surface area contributed by atoms with Gasteiger partial charge >= 0.3 is 11.9 Å². The minimum atomic E-state index is -0.489. The minimum absolute atomic E-state index is 0.168. The Balaban J connectivity index is 1.19. The lowest BCUT2D eigenvalue weighted by Gasteiger charge is -2.14. The van der Waals surface area contributed by atoms with Crippen LogP contribution in [0.3, 0.4) is 0 Å². The fraction of sp³-hybridized carbons (Fsp3) is 0.450. The topological polar surface area (TPSA) is 52.6 Å². The first kappa shape index (κ1) is 35.4. The number of carbonyl (C=O) groups excluding carboxylic acids is 2. The van der Waals surface area contributed by atoms with Crippen LogP contribution in [0, 0.1) is 0 Å². The molecule has 0 saturated heterocycles. The Bertz CT molecular complexity index is 1800. The van der Waals surface area contributed by atoms with Crippen LogP contribution in [0.2, 0.25) is 5.02 Å². The van der Waals surface area contributed by atoms with Crippen molar-refractivity contribution in [3.63, 3.8) is 0 Å². The lowest BCUT2D eigenvalue weighted by molar-refractivity contribution is 0.0319. The molecule has 0 aliphatic carbocycles. The molecule has 0 aliphatic heterocycles. The summed E-state index contributed by atoms with van der Waals surface area (Å²) in [6.07, 6.45) is 17.0. The number of thiophene rings is 2. The first-order valence-electron chi connectivity index (χ1n) is 17.5. The molecular weight excluding hydrogens is 644 g/mol. The van der Waals surface area contributed by atoms with E-state index < -0.39 is 11.9 Å². The molecule has 47 heavy (non-hydrogen) atoms. The van der Waals surface area contributed by atoms with Gasteiger partial charge in [-0.25, -0.2) is 9.59 Å². The summed E-state index contributed by atoms with van der Waals surface area (Å²) in [7, 11) is 0. The van der Waals surface area contributed by atoms with Crippen molar-refractivity contribution in [2.24, 2.45) is 0 Å². The molecule has 250 valence electrons. The summed E-state index contributed by atoms with van der Waals surface area (Å²) in [6.45, 7) is 6.35. The molecule has 0 bridgehead atoms. The van der Waals surface area contributed by atoms with E-state index in [4.69, 9.17) is 21.1 Å². The first-order chi connectivity index (χ1) is 22.9. The predicted octanol–water partition coefficient (Wildman–Crippen LogP) is 13.3. The second kappa shape index (κ2) is 17.5. The van der Waals surface area contributed by atoms with E-state index in [0.717, 1.165) is 35.8 Å². The molecule has 3 aromatic carbocycles. The SMILES string of the molecule is CCCCCCCCCCc1ccc2c(c1)sc1c3ccc(C(=O)Oc4ccc(C(=O)O[C@@H](C)CCCCCC)cc4Cl)cc3sc21. The zero-order valence-corrected chi connectivity index (χ0v) is 30.4. The van der Waals surface area contributed by atoms with Crippen LogP contribution < -0.4 is 4.74 Å². The van der Waals surface area contributed by atoms with Gasteiger partial charge in [-0.05, 0) is 74.6 Å². The van der Waals surface area contributed by atoms with E-state index in [1.807, 2.05) is 36.5 Å². The van der Waals surface area contributed by atoms with E-state index in [9.17, 15) is 9.59 Å². The molecule has 1 atom stereocenters. The lowest BCUT2D eigenvalue weighted by atomic mass is 10.0. The van der Waals surface area contributed by atoms with Crippen molar-refractivity contribution in [1.29, 1.82) is 0 Å². The molecule has 0 radical (unpaired) electrons. The monoisotopic (exact) mass is 690 g/mol. The maximum atomic E-state index is 13.1. The zero-order chi connectivity index (χ0) is 33.2. The molecule has 5 rings (SSSR count). The van der Waals surface area contributed by atoms with Gasteiger partial charge in [0.05, 0.1) is 31.7 Å². The van der Waals surface area contributed by atoms with E-state index in [0.29, 0.717) is 11.1 Å². The Morgan fingerprint density at radius 3 is 1.94 bits per heavy atom. The van der Waals surface area contributed by atoms with Gasteiger partial charge in [0.2, 0.25) is 0 Å². The van der Waals surface area contributed by atoms with Gasteiger partial charge in [-0.2, -0.15) is 0 Å². The fourth-order valence-electron chi connectivity index (χ4n) is 6.08. The normalized spacial score (nSPS) is 12.3. The van der Waals surface area contributed by atoms with Crippen molar-refractivity contribution >= 4 is 75.8 Å². The number of rotatable bonds is 18. The Morgan fingerprint density at radius 2 is 1.26 bits per heavy atom. The Kier molecular flexibility index (Phi) is 13.1. The van der Waals surface area contributed by atoms with Gasteiger partial charge < -0.3 is 9.47 Å². The van der Waals surface area contributed by atoms with E-state index in [1.54, 1.807) is 23.5 Å². The number of halogens is 1. The van der Waals surface area contributed by atoms with Crippen LogP contribution in [-0.4, -0.2) is 18.0 Å². The number of benzene rings is 3. The third-order valence-corrected chi connectivity index (χ3v) is 11.6. The highest BCUT2D eigenvalue weighted by Crippen LogP contribution is 2.44. The van der Waals surface area contributed by atoms with E-state index in [2.05, 4.69) is 32.0 Å². The number of ether oxygens (including phenoxy) is 2. The second-order valence-electron chi connectivity index (χ2n) is 12.7. The average molecular weight is 691 g/mol. The fourth-order valence-corrected chi connectivity index (χ4v) is 9.06. The van der Waals surface area contributed by atoms with Crippen molar-refractivity contribution in [1.82, 2.24) is 0 Å². The number of esters is 2. The molecule has 2 heterocycles. The minimum Gasteiger partial charge on any atom is -0.459 e. The third kappa shape index (κ3) is 9.37. The molecular formula is C40H47ClO4S2. The summed E-state index contributed by atoms with van der Waals surface area (Å²) in [6, 6.07) is 17.3. The molecule has 7 heteroatoms. The van der Waals surface area contributed by atoms with E-state index >= 15 is 0 Å². The van der Waals surface area contributed by atoms with Crippen LogP contribution in [0.1, 0.15) is 131 Å². The van der Waals surface area contributed by atoms with Gasteiger partial charge in [-0.15, -0.1) is 22.7 Å². The molecule has 4 nitrogen and oxygen atoms in total. The molecule has 0 unspecified atom stereocenters. The molecule has 0 fully saturated rings. The highest BCUT2D eigenvalue weighted by molar-refractivity contribution is 7.36. The van der Waals surface area contributed by atoms with Crippen LogP contribution in [0.4, 0.5) is 0 Å². The smallest absolute Gasteiger partial charge is 0.343 e. The Labute approximate surface area is 292 Å². The number of hydrogen-bond donors (Lipinski definition) is 0. The molecule has 2 aromatic heterocycles. The van der Waals surface area contributed by atoms with Gasteiger partial charge in [0, 0.05) is 20.2 Å². The van der Waals surface area contributed by atoms with Crippen molar-refractivity contribution in [2.45, 2.75) is 117 Å². The maximum Gasteiger partial charge on any atom is 0.343 e. The van der Waals surface area contributed by atoms with Crippen molar-refractivity contribution in [3.05, 3.63) is 76.3 Å². The first-order valence-corrected chi connectivity index (χ1v) is 19.5. The molecule has 0 amide bonds. The van der Waals surface area contributed by atoms with Gasteiger partial charge in [-0.3, -0.25) is 0 Å². The van der Waals surface area contributed by atoms with Crippen molar-refractivity contribution in [2.75, 3.05) is 0 Å². The summed E-state index contributed by atoms with van der Waals surface area (Å²) in [5, 5.41) is 2.63. The van der Waals surface area contributed by atoms with Crippen LogP contribution >= 0.6 is 34.3 Å². The highest BCUT2D eigenvalue weighted by Gasteiger charge is 2.18. The summed E-state index contributed by atoms with van der Waals surface area (Å²) in [5.74, 6) is -0.706. The number of carbonyl (C=O) groups is 2. The second-order valence-corrected chi connectivity index (χ2v) is 15.2. The van der Waals surface area contributed by atoms with Crippen LogP contribution in [0.25, 0.3) is 29.6 Å². The summed E-state index contributed by atoms with van der Waals surface area (Å²) in [4.78, 5) is 25.8. The predicted molar refractivity (Wildman–Crippen MR) is 201 cm³/mol. The summed E-state index contributed by atoms with van der Waals surface area (Å²) < 4.78 is 16.2. The Hall–Kier alpha value is -2.93. The van der Waals surface area contributed by atoms with Gasteiger partial charge in [0.1, 0.15) is 5.75 Å². The standard InChI is InChI=1S/C40H47ClO4S2/c1-4-6-8-10-11-12-13-15-17-28-18-21-31-35(24-28)46-38-32-22-19-30(26-36(32)47-37(31)38)40(43)45-34-23-20-29(25-33(34)41)39(42)44-27(3)16-14-9-7-5-2/h18-27H,4-17H2,1-3H3/t27-/m0/s1. The van der Waals surface area contributed by atoms with E-state index in [-0.39, 0.29) is 16.9 Å². The summed E-state index contributed by atoms with van der Waals surface area (Å²) in [5.41, 5.74) is 2.21. The Morgan fingerprint density at radius 1 is 0.681 bits per heavy atom. The van der Waals surface area contributed by atoms with Crippen molar-refractivity contribution < 1.29 is 19.1 Å². The lowest BCUT2D eigenvalue weighted by Crippen LogP contribution is -2.15. The number of fused-ring (bicyclic) bond motifs is 5. The van der Waals surface area contributed by atoms with Gasteiger partial charge in [0.25, 0.3) is 0 Å². The number of hydrogen-bond acceptors (Lipinski definition) is 6.